The first-order chi connectivity index (χ1) is 8.74. The van der Waals surface area contributed by atoms with Gasteiger partial charge in [-0.2, -0.15) is 0 Å². The van der Waals surface area contributed by atoms with E-state index in [9.17, 15) is 0 Å². The van der Waals surface area contributed by atoms with Crippen LogP contribution in [0.1, 0.15) is 36.8 Å². The molecule has 2 nitrogen and oxygen atoms in total. The number of benzene rings is 1. The Morgan fingerprint density at radius 2 is 1.83 bits per heavy atom. The van der Waals surface area contributed by atoms with E-state index < -0.39 is 0 Å². The highest BCUT2D eigenvalue weighted by atomic mass is 16.5. The van der Waals surface area contributed by atoms with Gasteiger partial charge in [-0.3, -0.25) is 0 Å². The fourth-order valence-corrected chi connectivity index (χ4v) is 3.48. The van der Waals surface area contributed by atoms with Gasteiger partial charge in [-0.25, -0.2) is 0 Å². The summed E-state index contributed by atoms with van der Waals surface area (Å²) in [6.45, 7) is 2.94. The minimum atomic E-state index is 0.471. The molecular formula is C16H23NO. The summed E-state index contributed by atoms with van der Waals surface area (Å²) in [6, 6.07) is 10.1. The van der Waals surface area contributed by atoms with Gasteiger partial charge in [-0.05, 0) is 50.8 Å². The maximum Gasteiger partial charge on any atom is 0.0723 e. The standard InChI is InChI=1S/C16H23NO/c1-12-5-3-4-6-13(12)11-18-16-9-14-7-8-15(10-16)17(14)2/h3-6,14-16H,7-11H2,1-2H3/t14-,15+,16+. The molecule has 2 saturated heterocycles. The number of rotatable bonds is 3. The third-order valence-corrected chi connectivity index (χ3v) is 4.79. The summed E-state index contributed by atoms with van der Waals surface area (Å²) in [5, 5.41) is 0. The monoisotopic (exact) mass is 245 g/mol. The van der Waals surface area contributed by atoms with Crippen molar-refractivity contribution in [1.29, 1.82) is 0 Å². The van der Waals surface area contributed by atoms with Crippen molar-refractivity contribution < 1.29 is 4.74 Å². The topological polar surface area (TPSA) is 12.5 Å². The molecule has 0 spiro atoms. The summed E-state index contributed by atoms with van der Waals surface area (Å²) in [6.07, 6.45) is 5.65. The van der Waals surface area contributed by atoms with Crippen LogP contribution >= 0.6 is 0 Å². The van der Waals surface area contributed by atoms with Gasteiger partial charge in [-0.1, -0.05) is 24.3 Å². The van der Waals surface area contributed by atoms with Crippen molar-refractivity contribution in [3.8, 4) is 0 Å². The number of ether oxygens (including phenoxy) is 1. The highest BCUT2D eigenvalue weighted by Crippen LogP contribution is 2.35. The lowest BCUT2D eigenvalue weighted by Crippen LogP contribution is -2.42. The lowest BCUT2D eigenvalue weighted by molar-refractivity contribution is -0.0212. The van der Waals surface area contributed by atoms with Gasteiger partial charge in [-0.15, -0.1) is 0 Å². The zero-order valence-corrected chi connectivity index (χ0v) is 11.4. The van der Waals surface area contributed by atoms with Crippen LogP contribution in [0.2, 0.25) is 0 Å². The molecule has 1 aromatic rings. The summed E-state index contributed by atoms with van der Waals surface area (Å²) < 4.78 is 6.15. The normalized spacial score (nSPS) is 31.8. The van der Waals surface area contributed by atoms with E-state index in [1.54, 1.807) is 0 Å². The van der Waals surface area contributed by atoms with Crippen LogP contribution in [0.4, 0.5) is 0 Å². The fraction of sp³-hybridized carbons (Fsp3) is 0.625. The van der Waals surface area contributed by atoms with Crippen LogP contribution in [0.25, 0.3) is 0 Å². The third kappa shape index (κ3) is 2.32. The van der Waals surface area contributed by atoms with Crippen molar-refractivity contribution in [3.05, 3.63) is 35.4 Å². The van der Waals surface area contributed by atoms with Crippen LogP contribution < -0.4 is 0 Å². The smallest absolute Gasteiger partial charge is 0.0723 e. The summed E-state index contributed by atoms with van der Waals surface area (Å²) in [5.74, 6) is 0. The number of hydrogen-bond acceptors (Lipinski definition) is 2. The highest BCUT2D eigenvalue weighted by Gasteiger charge is 2.38. The Kier molecular flexibility index (Phi) is 3.40. The van der Waals surface area contributed by atoms with E-state index in [0.29, 0.717) is 6.10 Å². The quantitative estimate of drug-likeness (QED) is 0.811. The van der Waals surface area contributed by atoms with Crippen molar-refractivity contribution in [2.24, 2.45) is 0 Å². The number of piperidine rings is 1. The van der Waals surface area contributed by atoms with Crippen molar-refractivity contribution in [2.75, 3.05) is 7.05 Å². The van der Waals surface area contributed by atoms with E-state index in [-0.39, 0.29) is 0 Å². The van der Waals surface area contributed by atoms with Crippen molar-refractivity contribution >= 4 is 0 Å². The average Bonchev–Trinajstić information content (AvgIpc) is 2.62. The van der Waals surface area contributed by atoms with Gasteiger partial charge in [0.2, 0.25) is 0 Å². The molecule has 0 aromatic heterocycles. The van der Waals surface area contributed by atoms with Crippen LogP contribution in [0.3, 0.4) is 0 Å². The van der Waals surface area contributed by atoms with Crippen molar-refractivity contribution in [1.82, 2.24) is 4.90 Å². The molecule has 3 rings (SSSR count). The second-order valence-corrected chi connectivity index (χ2v) is 5.88. The van der Waals surface area contributed by atoms with E-state index in [0.717, 1.165) is 18.7 Å². The summed E-state index contributed by atoms with van der Waals surface area (Å²) >= 11 is 0. The Balaban J connectivity index is 1.57. The van der Waals surface area contributed by atoms with Gasteiger partial charge in [0, 0.05) is 12.1 Å². The molecule has 2 fully saturated rings. The van der Waals surface area contributed by atoms with E-state index in [1.807, 2.05) is 0 Å². The van der Waals surface area contributed by atoms with Crippen molar-refractivity contribution in [3.63, 3.8) is 0 Å². The fourth-order valence-electron chi connectivity index (χ4n) is 3.48. The van der Waals surface area contributed by atoms with E-state index in [2.05, 4.69) is 43.1 Å². The largest absolute Gasteiger partial charge is 0.373 e. The molecular weight excluding hydrogens is 222 g/mol. The van der Waals surface area contributed by atoms with E-state index in [1.165, 1.54) is 36.8 Å². The molecule has 2 aliphatic heterocycles. The van der Waals surface area contributed by atoms with Crippen LogP contribution in [0.5, 0.6) is 0 Å². The van der Waals surface area contributed by atoms with Gasteiger partial charge in [0.15, 0.2) is 0 Å². The molecule has 2 aliphatic rings. The summed E-state index contributed by atoms with van der Waals surface area (Å²) in [7, 11) is 2.28. The Bertz CT molecular complexity index is 403. The number of nitrogens with zero attached hydrogens (tertiary/aromatic N) is 1. The Hall–Kier alpha value is -0.860. The summed E-state index contributed by atoms with van der Waals surface area (Å²) in [4.78, 5) is 2.56. The first kappa shape index (κ1) is 12.2. The molecule has 2 bridgehead atoms. The number of fused-ring (bicyclic) bond motifs is 2. The van der Waals surface area contributed by atoms with Gasteiger partial charge in [0.05, 0.1) is 12.7 Å². The molecule has 2 heterocycles. The molecule has 98 valence electrons. The molecule has 0 aliphatic carbocycles. The lowest BCUT2D eigenvalue weighted by atomic mass is 10.0. The van der Waals surface area contributed by atoms with Gasteiger partial charge < -0.3 is 9.64 Å². The molecule has 1 aromatic carbocycles. The first-order valence-corrected chi connectivity index (χ1v) is 7.12. The second-order valence-electron chi connectivity index (χ2n) is 5.88. The maximum absolute atomic E-state index is 6.15. The number of hydrogen-bond donors (Lipinski definition) is 0. The molecule has 0 saturated carbocycles. The molecule has 2 heteroatoms. The molecule has 18 heavy (non-hydrogen) atoms. The SMILES string of the molecule is Cc1ccccc1CO[C@H]1C[C@H]2CC[C@@H](C1)N2C. The molecule has 3 atom stereocenters. The molecule has 0 N–H and O–H groups in total. The number of aryl methyl sites for hydroxylation is 1. The predicted octanol–water partition coefficient (Wildman–Crippen LogP) is 3.14. The zero-order valence-electron chi connectivity index (χ0n) is 11.4. The Labute approximate surface area is 110 Å². The minimum absolute atomic E-state index is 0.471. The molecule has 0 amide bonds. The molecule has 0 radical (unpaired) electrons. The van der Waals surface area contributed by atoms with Gasteiger partial charge in [0.1, 0.15) is 0 Å². The van der Waals surface area contributed by atoms with Crippen LogP contribution in [-0.4, -0.2) is 30.1 Å². The molecule has 0 unspecified atom stereocenters. The third-order valence-electron chi connectivity index (χ3n) is 4.79. The van der Waals surface area contributed by atoms with Gasteiger partial charge >= 0.3 is 0 Å². The van der Waals surface area contributed by atoms with Gasteiger partial charge in [0.25, 0.3) is 0 Å². The zero-order chi connectivity index (χ0) is 12.5. The first-order valence-electron chi connectivity index (χ1n) is 7.12. The van der Waals surface area contributed by atoms with E-state index in [4.69, 9.17) is 4.74 Å². The van der Waals surface area contributed by atoms with Crippen molar-refractivity contribution in [2.45, 2.75) is 57.4 Å². The second kappa shape index (κ2) is 5.02. The van der Waals surface area contributed by atoms with Crippen LogP contribution in [0.15, 0.2) is 24.3 Å². The van der Waals surface area contributed by atoms with E-state index >= 15 is 0 Å². The Morgan fingerprint density at radius 3 is 2.50 bits per heavy atom. The van der Waals surface area contributed by atoms with Crippen LogP contribution in [0, 0.1) is 6.92 Å². The average molecular weight is 245 g/mol. The highest BCUT2D eigenvalue weighted by molar-refractivity contribution is 5.24. The summed E-state index contributed by atoms with van der Waals surface area (Å²) in [5.41, 5.74) is 2.68. The maximum atomic E-state index is 6.15. The van der Waals surface area contributed by atoms with Crippen LogP contribution in [-0.2, 0) is 11.3 Å². The Morgan fingerprint density at radius 1 is 1.17 bits per heavy atom. The lowest BCUT2D eigenvalue weighted by Gasteiger charge is -2.36. The predicted molar refractivity (Wildman–Crippen MR) is 73.6 cm³/mol. The minimum Gasteiger partial charge on any atom is -0.373 e.